The van der Waals surface area contributed by atoms with Crippen molar-refractivity contribution in [1.29, 1.82) is 0 Å². The SMILES string of the molecule is CCOC(=O)c1ccc(N2CCN(CC(=O)N(CC)CC)CC2)nc1. The first kappa shape index (κ1) is 19.2. The van der Waals surface area contributed by atoms with Gasteiger partial charge in [-0.3, -0.25) is 9.69 Å². The molecule has 0 atom stereocenters. The molecule has 25 heavy (non-hydrogen) atoms. The van der Waals surface area contributed by atoms with Gasteiger partial charge < -0.3 is 14.5 Å². The van der Waals surface area contributed by atoms with E-state index in [4.69, 9.17) is 4.74 Å². The molecule has 1 saturated heterocycles. The predicted molar refractivity (Wildman–Crippen MR) is 96.8 cm³/mol. The van der Waals surface area contributed by atoms with Crippen molar-refractivity contribution in [2.24, 2.45) is 0 Å². The minimum Gasteiger partial charge on any atom is -0.462 e. The highest BCUT2D eigenvalue weighted by Crippen LogP contribution is 2.14. The molecule has 0 radical (unpaired) electrons. The van der Waals surface area contributed by atoms with Crippen LogP contribution in [-0.2, 0) is 9.53 Å². The van der Waals surface area contributed by atoms with Gasteiger partial charge in [0, 0.05) is 45.5 Å². The molecule has 1 aliphatic rings. The van der Waals surface area contributed by atoms with E-state index in [2.05, 4.69) is 14.8 Å². The van der Waals surface area contributed by atoms with Crippen molar-refractivity contribution in [3.8, 4) is 0 Å². The summed E-state index contributed by atoms with van der Waals surface area (Å²) in [4.78, 5) is 34.5. The fourth-order valence-electron chi connectivity index (χ4n) is 2.91. The molecule has 7 nitrogen and oxygen atoms in total. The number of aromatic nitrogens is 1. The van der Waals surface area contributed by atoms with Gasteiger partial charge >= 0.3 is 5.97 Å². The highest BCUT2D eigenvalue weighted by molar-refractivity contribution is 5.89. The number of anilines is 1. The van der Waals surface area contributed by atoms with Gasteiger partial charge in [0.1, 0.15) is 5.82 Å². The summed E-state index contributed by atoms with van der Waals surface area (Å²) in [6.45, 7) is 11.4. The number of hydrogen-bond donors (Lipinski definition) is 0. The smallest absolute Gasteiger partial charge is 0.339 e. The van der Waals surface area contributed by atoms with Gasteiger partial charge in [-0.25, -0.2) is 9.78 Å². The number of pyridine rings is 1. The lowest BCUT2D eigenvalue weighted by atomic mass is 10.2. The fourth-order valence-corrected chi connectivity index (χ4v) is 2.91. The summed E-state index contributed by atoms with van der Waals surface area (Å²) >= 11 is 0. The number of piperazine rings is 1. The summed E-state index contributed by atoms with van der Waals surface area (Å²) < 4.78 is 4.97. The average molecular weight is 348 g/mol. The van der Waals surface area contributed by atoms with Crippen LogP contribution in [0.4, 0.5) is 5.82 Å². The molecular weight excluding hydrogens is 320 g/mol. The zero-order chi connectivity index (χ0) is 18.2. The number of rotatable bonds is 7. The van der Waals surface area contributed by atoms with E-state index in [9.17, 15) is 9.59 Å². The summed E-state index contributed by atoms with van der Waals surface area (Å²) in [6, 6.07) is 3.60. The van der Waals surface area contributed by atoms with Gasteiger partial charge in [-0.05, 0) is 32.9 Å². The highest BCUT2D eigenvalue weighted by Gasteiger charge is 2.21. The molecule has 0 aromatic carbocycles. The van der Waals surface area contributed by atoms with E-state index >= 15 is 0 Å². The molecule has 1 aliphatic heterocycles. The normalized spacial score (nSPS) is 15.1. The second kappa shape index (κ2) is 9.36. The van der Waals surface area contributed by atoms with Crippen LogP contribution in [0, 0.1) is 0 Å². The number of nitrogens with zero attached hydrogens (tertiary/aromatic N) is 4. The Balaban J connectivity index is 1.85. The fraction of sp³-hybridized carbons (Fsp3) is 0.611. The Morgan fingerprint density at radius 1 is 1.12 bits per heavy atom. The van der Waals surface area contributed by atoms with Crippen molar-refractivity contribution < 1.29 is 14.3 Å². The van der Waals surface area contributed by atoms with E-state index in [-0.39, 0.29) is 11.9 Å². The number of carbonyl (C=O) groups excluding carboxylic acids is 2. The standard InChI is InChI=1S/C18H28N4O3/c1-4-21(5-2)17(23)14-20-9-11-22(12-10-20)16-8-7-15(13-19-16)18(24)25-6-3/h7-8,13H,4-6,9-12,14H2,1-3H3. The number of carbonyl (C=O) groups is 2. The third-order valence-electron chi connectivity index (χ3n) is 4.43. The van der Waals surface area contributed by atoms with E-state index in [0.29, 0.717) is 18.7 Å². The Kier molecular flexibility index (Phi) is 7.18. The van der Waals surface area contributed by atoms with Crippen LogP contribution in [0.5, 0.6) is 0 Å². The van der Waals surface area contributed by atoms with Crippen molar-refractivity contribution in [1.82, 2.24) is 14.8 Å². The monoisotopic (exact) mass is 348 g/mol. The maximum absolute atomic E-state index is 12.2. The van der Waals surface area contributed by atoms with Crippen molar-refractivity contribution >= 4 is 17.7 Å². The minimum absolute atomic E-state index is 0.190. The summed E-state index contributed by atoms with van der Waals surface area (Å²) in [5.41, 5.74) is 0.467. The van der Waals surface area contributed by atoms with Gasteiger partial charge in [-0.15, -0.1) is 0 Å². The third kappa shape index (κ3) is 5.16. The van der Waals surface area contributed by atoms with Crippen LogP contribution < -0.4 is 4.90 Å². The van der Waals surface area contributed by atoms with Crippen LogP contribution in [0.15, 0.2) is 18.3 Å². The molecule has 2 heterocycles. The molecule has 7 heteroatoms. The molecule has 138 valence electrons. The molecule has 1 aromatic rings. The van der Waals surface area contributed by atoms with E-state index < -0.39 is 0 Å². The van der Waals surface area contributed by atoms with Crippen LogP contribution >= 0.6 is 0 Å². The van der Waals surface area contributed by atoms with Crippen molar-refractivity contribution in [2.45, 2.75) is 20.8 Å². The van der Waals surface area contributed by atoms with Crippen LogP contribution in [0.1, 0.15) is 31.1 Å². The van der Waals surface area contributed by atoms with Crippen LogP contribution in [0.2, 0.25) is 0 Å². The van der Waals surface area contributed by atoms with Crippen molar-refractivity contribution in [3.63, 3.8) is 0 Å². The molecule has 0 unspecified atom stereocenters. The van der Waals surface area contributed by atoms with Crippen LogP contribution in [0.25, 0.3) is 0 Å². The van der Waals surface area contributed by atoms with E-state index in [0.717, 1.165) is 45.1 Å². The molecule has 1 aromatic heterocycles. The number of hydrogen-bond acceptors (Lipinski definition) is 6. The second-order valence-corrected chi connectivity index (χ2v) is 5.95. The van der Waals surface area contributed by atoms with E-state index in [1.165, 1.54) is 0 Å². The van der Waals surface area contributed by atoms with Crippen molar-refractivity contribution in [3.05, 3.63) is 23.9 Å². The third-order valence-corrected chi connectivity index (χ3v) is 4.43. The zero-order valence-corrected chi connectivity index (χ0v) is 15.4. The second-order valence-electron chi connectivity index (χ2n) is 5.95. The summed E-state index contributed by atoms with van der Waals surface area (Å²) in [7, 11) is 0. The summed E-state index contributed by atoms with van der Waals surface area (Å²) in [5, 5.41) is 0. The lowest BCUT2D eigenvalue weighted by Crippen LogP contribution is -2.50. The average Bonchev–Trinajstić information content (AvgIpc) is 2.64. The molecule has 0 saturated carbocycles. The Bertz CT molecular complexity index is 564. The van der Waals surface area contributed by atoms with Crippen molar-refractivity contribution in [2.75, 3.05) is 57.3 Å². The lowest BCUT2D eigenvalue weighted by Gasteiger charge is -2.35. The van der Waals surface area contributed by atoms with Gasteiger partial charge in [0.2, 0.25) is 5.91 Å². The number of likely N-dealkylation sites (N-methyl/N-ethyl adjacent to an activating group) is 1. The van der Waals surface area contributed by atoms with Crippen LogP contribution in [0.3, 0.4) is 0 Å². The van der Waals surface area contributed by atoms with Crippen LogP contribution in [-0.4, -0.2) is 79.1 Å². The largest absolute Gasteiger partial charge is 0.462 e. The first-order valence-electron chi connectivity index (χ1n) is 8.97. The van der Waals surface area contributed by atoms with Gasteiger partial charge in [-0.2, -0.15) is 0 Å². The minimum atomic E-state index is -0.346. The molecule has 0 N–H and O–H groups in total. The maximum Gasteiger partial charge on any atom is 0.339 e. The first-order chi connectivity index (χ1) is 12.1. The molecular formula is C18H28N4O3. The molecule has 0 bridgehead atoms. The zero-order valence-electron chi connectivity index (χ0n) is 15.4. The molecule has 1 amide bonds. The Hall–Kier alpha value is -2.15. The Labute approximate surface area is 149 Å². The summed E-state index contributed by atoms with van der Waals surface area (Å²) in [5.74, 6) is 0.694. The van der Waals surface area contributed by atoms with Gasteiger partial charge in [0.25, 0.3) is 0 Å². The van der Waals surface area contributed by atoms with Gasteiger partial charge in [-0.1, -0.05) is 0 Å². The lowest BCUT2D eigenvalue weighted by molar-refractivity contribution is -0.132. The number of ether oxygens (including phenoxy) is 1. The van der Waals surface area contributed by atoms with E-state index in [1.54, 1.807) is 19.2 Å². The summed E-state index contributed by atoms with van der Waals surface area (Å²) in [6.07, 6.45) is 1.56. The number of amides is 1. The first-order valence-corrected chi connectivity index (χ1v) is 8.97. The quantitative estimate of drug-likeness (QED) is 0.691. The van der Waals surface area contributed by atoms with E-state index in [1.807, 2.05) is 24.8 Å². The Morgan fingerprint density at radius 2 is 1.80 bits per heavy atom. The molecule has 2 rings (SSSR count). The van der Waals surface area contributed by atoms with Gasteiger partial charge in [0.05, 0.1) is 18.7 Å². The highest BCUT2D eigenvalue weighted by atomic mass is 16.5. The molecule has 0 spiro atoms. The number of esters is 1. The molecule has 1 fully saturated rings. The molecule has 0 aliphatic carbocycles. The maximum atomic E-state index is 12.2. The predicted octanol–water partition coefficient (Wildman–Crippen LogP) is 1.25. The van der Waals surface area contributed by atoms with Gasteiger partial charge in [0.15, 0.2) is 0 Å². The topological polar surface area (TPSA) is 66.0 Å². The Morgan fingerprint density at radius 3 is 2.32 bits per heavy atom.